The van der Waals surface area contributed by atoms with Gasteiger partial charge in [0, 0.05) is 19.6 Å². The molecule has 0 radical (unpaired) electrons. The molecule has 1 atom stereocenters. The summed E-state index contributed by atoms with van der Waals surface area (Å²) < 4.78 is 5.67. The summed E-state index contributed by atoms with van der Waals surface area (Å²) >= 11 is 0. The molecular weight excluding hydrogens is 324 g/mol. The predicted molar refractivity (Wildman–Crippen MR) is 97.3 cm³/mol. The van der Waals surface area contributed by atoms with E-state index in [-0.39, 0.29) is 18.3 Å². The molecule has 128 valence electrons. The molecule has 4 nitrogen and oxygen atoms in total. The van der Waals surface area contributed by atoms with Crippen molar-refractivity contribution in [1.82, 2.24) is 10.6 Å². The van der Waals surface area contributed by atoms with Crippen molar-refractivity contribution >= 4 is 18.3 Å². The largest absolute Gasteiger partial charge is 0.481 e. The van der Waals surface area contributed by atoms with Gasteiger partial charge in [0.2, 0.25) is 0 Å². The molecule has 2 aromatic carbocycles. The fourth-order valence-electron chi connectivity index (χ4n) is 2.67. The Morgan fingerprint density at radius 3 is 2.62 bits per heavy atom. The smallest absolute Gasteiger partial charge is 0.261 e. The SMILES string of the molecule is Cc1ccc(OC(C)C(=O)NCc2ccc3c(c2)CNC3)cc1.Cl. The van der Waals surface area contributed by atoms with Crippen LogP contribution >= 0.6 is 12.4 Å². The summed E-state index contributed by atoms with van der Waals surface area (Å²) in [5.74, 6) is 0.603. The molecule has 0 fully saturated rings. The monoisotopic (exact) mass is 346 g/mol. The van der Waals surface area contributed by atoms with Gasteiger partial charge in [0.15, 0.2) is 6.10 Å². The van der Waals surface area contributed by atoms with Crippen LogP contribution < -0.4 is 15.4 Å². The maximum atomic E-state index is 12.2. The van der Waals surface area contributed by atoms with Crippen molar-refractivity contribution in [2.24, 2.45) is 0 Å². The molecule has 0 spiro atoms. The minimum Gasteiger partial charge on any atom is -0.481 e. The molecular formula is C19H23ClN2O2. The van der Waals surface area contributed by atoms with Crippen LogP contribution in [-0.4, -0.2) is 12.0 Å². The average molecular weight is 347 g/mol. The zero-order chi connectivity index (χ0) is 16.2. The third kappa shape index (κ3) is 4.49. The molecule has 0 aliphatic carbocycles. The van der Waals surface area contributed by atoms with Crippen molar-refractivity contribution in [3.8, 4) is 5.75 Å². The lowest BCUT2D eigenvalue weighted by Gasteiger charge is -2.15. The quantitative estimate of drug-likeness (QED) is 0.874. The zero-order valence-electron chi connectivity index (χ0n) is 14.0. The molecule has 1 unspecified atom stereocenters. The molecule has 0 aromatic heterocycles. The molecule has 2 aromatic rings. The number of fused-ring (bicyclic) bond motifs is 1. The Labute approximate surface area is 149 Å². The Balaban J connectivity index is 0.00000208. The van der Waals surface area contributed by atoms with E-state index >= 15 is 0 Å². The van der Waals surface area contributed by atoms with Crippen molar-refractivity contribution in [2.75, 3.05) is 0 Å². The molecule has 5 heteroatoms. The Morgan fingerprint density at radius 2 is 1.88 bits per heavy atom. The van der Waals surface area contributed by atoms with Gasteiger partial charge in [-0.3, -0.25) is 4.79 Å². The maximum Gasteiger partial charge on any atom is 0.261 e. The summed E-state index contributed by atoms with van der Waals surface area (Å²) in [4.78, 5) is 12.2. The Hall–Kier alpha value is -2.04. The molecule has 0 saturated carbocycles. The molecule has 0 saturated heterocycles. The second kappa shape index (κ2) is 8.18. The summed E-state index contributed by atoms with van der Waals surface area (Å²) in [5, 5.41) is 6.26. The summed E-state index contributed by atoms with van der Waals surface area (Å²) in [7, 11) is 0. The second-order valence-electron chi connectivity index (χ2n) is 6.00. The van der Waals surface area contributed by atoms with Gasteiger partial charge < -0.3 is 15.4 Å². The van der Waals surface area contributed by atoms with E-state index in [9.17, 15) is 4.79 Å². The number of hydrogen-bond acceptors (Lipinski definition) is 3. The van der Waals surface area contributed by atoms with E-state index in [1.165, 1.54) is 16.7 Å². The lowest BCUT2D eigenvalue weighted by molar-refractivity contribution is -0.127. The van der Waals surface area contributed by atoms with Crippen LogP contribution in [-0.2, 0) is 24.4 Å². The Morgan fingerprint density at radius 1 is 1.17 bits per heavy atom. The Kier molecular flexibility index (Phi) is 6.23. The minimum absolute atomic E-state index is 0. The van der Waals surface area contributed by atoms with Gasteiger partial charge in [-0.2, -0.15) is 0 Å². The highest BCUT2D eigenvalue weighted by Crippen LogP contribution is 2.17. The maximum absolute atomic E-state index is 12.2. The third-order valence-electron chi connectivity index (χ3n) is 4.07. The number of hydrogen-bond donors (Lipinski definition) is 2. The highest BCUT2D eigenvalue weighted by atomic mass is 35.5. The van der Waals surface area contributed by atoms with E-state index in [1.54, 1.807) is 6.92 Å². The van der Waals surface area contributed by atoms with Crippen molar-refractivity contribution in [3.05, 3.63) is 64.7 Å². The van der Waals surface area contributed by atoms with E-state index in [1.807, 2.05) is 31.2 Å². The third-order valence-corrected chi connectivity index (χ3v) is 4.07. The first-order chi connectivity index (χ1) is 11.1. The normalized spacial score (nSPS) is 13.6. The molecule has 2 N–H and O–H groups in total. The van der Waals surface area contributed by atoms with Gasteiger partial charge in [-0.25, -0.2) is 0 Å². The molecule has 1 amide bonds. The van der Waals surface area contributed by atoms with E-state index in [4.69, 9.17) is 4.74 Å². The summed E-state index contributed by atoms with van der Waals surface area (Å²) in [6.45, 7) is 6.15. The second-order valence-corrected chi connectivity index (χ2v) is 6.00. The number of benzene rings is 2. The lowest BCUT2D eigenvalue weighted by atomic mass is 10.1. The van der Waals surface area contributed by atoms with Gasteiger partial charge in [0.05, 0.1) is 0 Å². The van der Waals surface area contributed by atoms with Crippen LogP contribution in [0, 0.1) is 6.92 Å². The van der Waals surface area contributed by atoms with Crippen LogP contribution in [0.4, 0.5) is 0 Å². The van der Waals surface area contributed by atoms with E-state index in [0.29, 0.717) is 12.3 Å². The minimum atomic E-state index is -0.520. The van der Waals surface area contributed by atoms with Gasteiger partial charge in [0.25, 0.3) is 5.91 Å². The van der Waals surface area contributed by atoms with E-state index in [2.05, 4.69) is 28.8 Å². The van der Waals surface area contributed by atoms with Crippen molar-refractivity contribution < 1.29 is 9.53 Å². The number of carbonyl (C=O) groups excluding carboxylic acids is 1. The van der Waals surface area contributed by atoms with Crippen LogP contribution in [0.25, 0.3) is 0 Å². The van der Waals surface area contributed by atoms with Gasteiger partial charge in [-0.05, 0) is 42.7 Å². The number of nitrogens with one attached hydrogen (secondary N) is 2. The molecule has 24 heavy (non-hydrogen) atoms. The fourth-order valence-corrected chi connectivity index (χ4v) is 2.67. The number of amides is 1. The Bertz CT molecular complexity index is 701. The molecule has 1 aliphatic rings. The van der Waals surface area contributed by atoms with Gasteiger partial charge in [-0.15, -0.1) is 12.4 Å². The first-order valence-electron chi connectivity index (χ1n) is 7.94. The van der Waals surface area contributed by atoms with Crippen molar-refractivity contribution in [2.45, 2.75) is 39.6 Å². The first kappa shape index (κ1) is 18.3. The van der Waals surface area contributed by atoms with Crippen LogP contribution in [0.2, 0.25) is 0 Å². The molecule has 0 bridgehead atoms. The summed E-state index contributed by atoms with van der Waals surface area (Å²) in [5.41, 5.74) is 4.95. The topological polar surface area (TPSA) is 50.4 Å². The predicted octanol–water partition coefficient (Wildman–Crippen LogP) is 3.10. The summed E-state index contributed by atoms with van der Waals surface area (Å²) in [6, 6.07) is 14.1. The van der Waals surface area contributed by atoms with E-state index in [0.717, 1.165) is 18.7 Å². The number of rotatable bonds is 5. The fraction of sp³-hybridized carbons (Fsp3) is 0.316. The van der Waals surface area contributed by atoms with Crippen molar-refractivity contribution in [1.29, 1.82) is 0 Å². The van der Waals surface area contributed by atoms with Gasteiger partial charge in [0.1, 0.15) is 5.75 Å². The first-order valence-corrected chi connectivity index (χ1v) is 7.94. The van der Waals surface area contributed by atoms with E-state index < -0.39 is 6.10 Å². The number of carbonyl (C=O) groups is 1. The van der Waals surface area contributed by atoms with Crippen molar-refractivity contribution in [3.63, 3.8) is 0 Å². The highest BCUT2D eigenvalue weighted by molar-refractivity contribution is 5.85. The average Bonchev–Trinajstić information content (AvgIpc) is 3.02. The van der Waals surface area contributed by atoms with Crippen LogP contribution in [0.5, 0.6) is 5.75 Å². The van der Waals surface area contributed by atoms with Crippen LogP contribution in [0.3, 0.4) is 0 Å². The highest BCUT2D eigenvalue weighted by Gasteiger charge is 2.15. The molecule has 1 aliphatic heterocycles. The van der Waals surface area contributed by atoms with Gasteiger partial charge >= 0.3 is 0 Å². The number of ether oxygens (including phenoxy) is 1. The van der Waals surface area contributed by atoms with Crippen LogP contribution in [0.1, 0.15) is 29.2 Å². The van der Waals surface area contributed by atoms with Gasteiger partial charge in [-0.1, -0.05) is 35.9 Å². The standard InChI is InChI=1S/C19H22N2O2.ClH/c1-13-3-7-18(8-4-13)23-14(2)19(22)21-10-15-5-6-16-11-20-12-17(16)9-15;/h3-9,14,20H,10-12H2,1-2H3,(H,21,22);1H. The lowest BCUT2D eigenvalue weighted by Crippen LogP contribution is -2.35. The molecule has 3 rings (SSSR count). The number of halogens is 1. The van der Waals surface area contributed by atoms with Crippen LogP contribution in [0.15, 0.2) is 42.5 Å². The molecule has 1 heterocycles. The zero-order valence-corrected chi connectivity index (χ0v) is 14.8. The number of aryl methyl sites for hydroxylation is 1. The summed E-state index contributed by atoms with van der Waals surface area (Å²) in [6.07, 6.45) is -0.520.